The molecule has 2 aromatic rings. The second kappa shape index (κ2) is 6.68. The van der Waals surface area contributed by atoms with Crippen LogP contribution in [-0.2, 0) is 6.42 Å². The van der Waals surface area contributed by atoms with Gasteiger partial charge in [-0.25, -0.2) is 0 Å². The highest BCUT2D eigenvalue weighted by molar-refractivity contribution is 9.10. The predicted octanol–water partition coefficient (Wildman–Crippen LogP) is 3.36. The lowest BCUT2D eigenvalue weighted by Gasteiger charge is -2.18. The fraction of sp³-hybridized carbons (Fsp3) is 0.267. The molecule has 0 amide bonds. The predicted molar refractivity (Wildman–Crippen MR) is 80.4 cm³/mol. The third kappa shape index (κ3) is 3.55. The van der Waals surface area contributed by atoms with Crippen molar-refractivity contribution in [2.45, 2.75) is 12.5 Å². The first kappa shape index (κ1) is 14.0. The number of nitrogens with zero attached hydrogens (tertiary/aromatic N) is 1. The Balaban J connectivity index is 2.22. The molecule has 1 heterocycles. The van der Waals surface area contributed by atoms with Crippen LogP contribution in [0.4, 0.5) is 0 Å². The molecular formula is C15H17BrN2O. The number of methoxy groups -OCH3 is 1. The van der Waals surface area contributed by atoms with Crippen LogP contribution in [0.5, 0.6) is 5.75 Å². The number of aromatic nitrogens is 1. The maximum atomic E-state index is 5.37. The minimum absolute atomic E-state index is 0.136. The quantitative estimate of drug-likeness (QED) is 0.917. The van der Waals surface area contributed by atoms with Crippen molar-refractivity contribution in [2.75, 3.05) is 14.2 Å². The second-order valence-electron chi connectivity index (χ2n) is 4.26. The fourth-order valence-electron chi connectivity index (χ4n) is 2.03. The number of ether oxygens (including phenoxy) is 1. The molecule has 0 bridgehead atoms. The van der Waals surface area contributed by atoms with E-state index in [0.29, 0.717) is 0 Å². The molecule has 0 saturated heterocycles. The van der Waals surface area contributed by atoms with Crippen molar-refractivity contribution in [3.8, 4) is 5.75 Å². The summed E-state index contributed by atoms with van der Waals surface area (Å²) in [5, 5.41) is 3.30. The largest absolute Gasteiger partial charge is 0.495 e. The maximum absolute atomic E-state index is 5.37. The maximum Gasteiger partial charge on any atom is 0.141 e. The third-order valence-electron chi connectivity index (χ3n) is 3.05. The minimum atomic E-state index is 0.136. The van der Waals surface area contributed by atoms with Gasteiger partial charge in [-0.2, -0.15) is 0 Å². The molecule has 0 spiro atoms. The molecule has 1 atom stereocenters. The molecule has 0 aliphatic rings. The van der Waals surface area contributed by atoms with Gasteiger partial charge in [-0.05, 0) is 43.3 Å². The van der Waals surface area contributed by atoms with Crippen LogP contribution in [0.3, 0.4) is 0 Å². The van der Waals surface area contributed by atoms with Gasteiger partial charge >= 0.3 is 0 Å². The van der Waals surface area contributed by atoms with Crippen LogP contribution in [-0.4, -0.2) is 19.1 Å². The first-order chi connectivity index (χ1) is 9.24. The van der Waals surface area contributed by atoms with E-state index in [2.05, 4.69) is 50.5 Å². The van der Waals surface area contributed by atoms with Crippen molar-refractivity contribution in [2.24, 2.45) is 0 Å². The Hall–Kier alpha value is -1.39. The summed E-state index contributed by atoms with van der Waals surface area (Å²) in [4.78, 5) is 4.44. The van der Waals surface area contributed by atoms with E-state index in [1.165, 1.54) is 5.56 Å². The number of hydrogen-bond acceptors (Lipinski definition) is 3. The van der Waals surface area contributed by atoms with Crippen molar-refractivity contribution < 1.29 is 4.74 Å². The summed E-state index contributed by atoms with van der Waals surface area (Å²) in [6, 6.07) is 12.3. The molecule has 1 aromatic carbocycles. The topological polar surface area (TPSA) is 34.2 Å². The van der Waals surface area contributed by atoms with E-state index in [0.717, 1.165) is 22.3 Å². The normalized spacial score (nSPS) is 12.2. The first-order valence-corrected chi connectivity index (χ1v) is 6.94. The highest BCUT2D eigenvalue weighted by atomic mass is 79.9. The molecule has 0 saturated carbocycles. The summed E-state index contributed by atoms with van der Waals surface area (Å²) in [7, 11) is 3.62. The number of pyridine rings is 1. The summed E-state index contributed by atoms with van der Waals surface area (Å²) in [6.07, 6.45) is 2.67. The lowest BCUT2D eigenvalue weighted by molar-refractivity contribution is 0.396. The minimum Gasteiger partial charge on any atom is -0.495 e. The van der Waals surface area contributed by atoms with Crippen molar-refractivity contribution in [1.82, 2.24) is 10.3 Å². The van der Waals surface area contributed by atoms with Crippen molar-refractivity contribution in [1.29, 1.82) is 0 Å². The van der Waals surface area contributed by atoms with E-state index in [-0.39, 0.29) is 6.04 Å². The van der Waals surface area contributed by atoms with Gasteiger partial charge in [-0.3, -0.25) is 4.98 Å². The van der Waals surface area contributed by atoms with Crippen LogP contribution in [0.2, 0.25) is 0 Å². The standard InChI is InChI=1S/C15H17BrN2O/c1-17-13(10-11-5-7-12(16)8-6-11)15-14(19-2)4-3-9-18-15/h3-9,13,17H,10H2,1-2H3. The Labute approximate surface area is 122 Å². The molecule has 4 heteroatoms. The van der Waals surface area contributed by atoms with Crippen LogP contribution in [0.1, 0.15) is 17.3 Å². The summed E-state index contributed by atoms with van der Waals surface area (Å²) in [6.45, 7) is 0. The van der Waals surface area contributed by atoms with E-state index in [4.69, 9.17) is 4.74 Å². The molecule has 0 aliphatic carbocycles. The van der Waals surface area contributed by atoms with E-state index in [9.17, 15) is 0 Å². The van der Waals surface area contributed by atoms with Gasteiger partial charge in [0.1, 0.15) is 5.75 Å². The zero-order valence-electron chi connectivity index (χ0n) is 11.1. The molecule has 1 N–H and O–H groups in total. The Morgan fingerprint density at radius 1 is 1.26 bits per heavy atom. The van der Waals surface area contributed by atoms with Gasteiger partial charge in [0.2, 0.25) is 0 Å². The SMILES string of the molecule is CNC(Cc1ccc(Br)cc1)c1ncccc1OC. The number of rotatable bonds is 5. The summed E-state index contributed by atoms with van der Waals surface area (Å²) >= 11 is 3.45. The lowest BCUT2D eigenvalue weighted by atomic mass is 10.0. The molecule has 100 valence electrons. The van der Waals surface area contributed by atoms with Gasteiger partial charge < -0.3 is 10.1 Å². The molecule has 1 unspecified atom stereocenters. The van der Waals surface area contributed by atoms with Crippen LogP contribution in [0.25, 0.3) is 0 Å². The van der Waals surface area contributed by atoms with Crippen LogP contribution < -0.4 is 10.1 Å². The van der Waals surface area contributed by atoms with Gasteiger partial charge in [0.25, 0.3) is 0 Å². The monoisotopic (exact) mass is 320 g/mol. The van der Waals surface area contributed by atoms with Gasteiger partial charge in [-0.15, -0.1) is 0 Å². The second-order valence-corrected chi connectivity index (χ2v) is 5.18. The average Bonchev–Trinajstić information content (AvgIpc) is 2.46. The van der Waals surface area contributed by atoms with Crippen molar-refractivity contribution in [3.63, 3.8) is 0 Å². The average molecular weight is 321 g/mol. The van der Waals surface area contributed by atoms with Crippen LogP contribution in [0.15, 0.2) is 47.1 Å². The molecule has 19 heavy (non-hydrogen) atoms. The Morgan fingerprint density at radius 3 is 2.63 bits per heavy atom. The summed E-state index contributed by atoms with van der Waals surface area (Å²) < 4.78 is 6.47. The van der Waals surface area contributed by atoms with Gasteiger partial charge in [0.15, 0.2) is 0 Å². The molecular weight excluding hydrogens is 304 g/mol. The molecule has 0 fully saturated rings. The fourth-order valence-corrected chi connectivity index (χ4v) is 2.29. The van der Waals surface area contributed by atoms with Crippen LogP contribution >= 0.6 is 15.9 Å². The van der Waals surface area contributed by atoms with Gasteiger partial charge in [0.05, 0.1) is 18.8 Å². The zero-order chi connectivity index (χ0) is 13.7. The van der Waals surface area contributed by atoms with Crippen LogP contribution in [0, 0.1) is 0 Å². The number of hydrogen-bond donors (Lipinski definition) is 1. The van der Waals surface area contributed by atoms with E-state index in [1.54, 1.807) is 13.3 Å². The van der Waals surface area contributed by atoms with E-state index >= 15 is 0 Å². The molecule has 0 aliphatic heterocycles. The number of nitrogens with one attached hydrogen (secondary N) is 1. The van der Waals surface area contributed by atoms with Gasteiger partial charge in [-0.1, -0.05) is 28.1 Å². The van der Waals surface area contributed by atoms with Gasteiger partial charge in [0, 0.05) is 10.7 Å². The van der Waals surface area contributed by atoms with E-state index in [1.807, 2.05) is 19.2 Å². The highest BCUT2D eigenvalue weighted by Gasteiger charge is 2.16. The molecule has 0 radical (unpaired) electrons. The number of benzene rings is 1. The molecule has 1 aromatic heterocycles. The number of halogens is 1. The summed E-state index contributed by atoms with van der Waals surface area (Å²) in [5.41, 5.74) is 2.20. The Morgan fingerprint density at radius 2 is 2.00 bits per heavy atom. The zero-order valence-corrected chi connectivity index (χ0v) is 12.6. The molecule has 3 nitrogen and oxygen atoms in total. The third-order valence-corrected chi connectivity index (χ3v) is 3.58. The van der Waals surface area contributed by atoms with Crippen molar-refractivity contribution >= 4 is 15.9 Å². The van der Waals surface area contributed by atoms with Crippen molar-refractivity contribution in [3.05, 3.63) is 58.3 Å². The van der Waals surface area contributed by atoms with E-state index < -0.39 is 0 Å². The number of likely N-dealkylation sites (N-methyl/N-ethyl adjacent to an activating group) is 1. The smallest absolute Gasteiger partial charge is 0.141 e. The lowest BCUT2D eigenvalue weighted by Crippen LogP contribution is -2.20. The highest BCUT2D eigenvalue weighted by Crippen LogP contribution is 2.25. The first-order valence-electron chi connectivity index (χ1n) is 6.15. The molecule has 2 rings (SSSR count). The Bertz CT molecular complexity index is 528. The summed E-state index contributed by atoms with van der Waals surface area (Å²) in [5.74, 6) is 0.818. The Kier molecular flexibility index (Phi) is 4.93.